The van der Waals surface area contributed by atoms with E-state index in [9.17, 15) is 0 Å². The summed E-state index contributed by atoms with van der Waals surface area (Å²) in [6.45, 7) is 3.23. The van der Waals surface area contributed by atoms with Gasteiger partial charge in [-0.05, 0) is 12.1 Å². The highest BCUT2D eigenvalue weighted by Gasteiger charge is 2.12. The first-order valence-electron chi connectivity index (χ1n) is 7.02. The Kier molecular flexibility index (Phi) is 4.12. The molecule has 0 radical (unpaired) electrons. The minimum absolute atomic E-state index is 0.746. The van der Waals surface area contributed by atoms with E-state index < -0.39 is 0 Å². The number of ether oxygens (including phenoxy) is 1. The van der Waals surface area contributed by atoms with Crippen LogP contribution in [-0.4, -0.2) is 37.5 Å². The topological polar surface area (TPSA) is 61.2 Å². The minimum Gasteiger partial charge on any atom is -0.378 e. The second-order valence-electron chi connectivity index (χ2n) is 4.86. The highest BCUT2D eigenvalue weighted by atomic mass is 16.5. The number of hydrogen-bond acceptors (Lipinski definition) is 5. The van der Waals surface area contributed by atoms with Crippen LogP contribution in [0.25, 0.3) is 0 Å². The van der Waals surface area contributed by atoms with Crippen molar-refractivity contribution in [2.45, 2.75) is 0 Å². The molecule has 0 unspecified atom stereocenters. The number of hydrogen-bond donors (Lipinski definition) is 2. The van der Waals surface area contributed by atoms with Crippen molar-refractivity contribution in [3.8, 4) is 0 Å². The van der Waals surface area contributed by atoms with Crippen LogP contribution < -0.4 is 10.2 Å². The molecule has 1 aliphatic heterocycles. The van der Waals surface area contributed by atoms with Gasteiger partial charge in [-0.1, -0.05) is 18.2 Å². The Hall–Kier alpha value is -2.40. The molecule has 5 heteroatoms. The third-order valence-electron chi connectivity index (χ3n) is 3.48. The number of aromatic nitrogens is 1. The molecule has 108 valence electrons. The van der Waals surface area contributed by atoms with E-state index in [2.05, 4.69) is 15.2 Å². The third-order valence-corrected chi connectivity index (χ3v) is 3.48. The lowest BCUT2D eigenvalue weighted by molar-refractivity contribution is 0.122. The first-order valence-corrected chi connectivity index (χ1v) is 7.02. The standard InChI is InChI=1S/C16H18N4O/c17-12-13-3-1-2-4-15(13)19-14-5-6-18-16(11-14)20-7-9-21-10-8-20/h1-6,11-12,17H,7-10H2,(H,18,19). The smallest absolute Gasteiger partial charge is 0.130 e. The van der Waals surface area contributed by atoms with Crippen molar-refractivity contribution in [2.75, 3.05) is 36.5 Å². The lowest BCUT2D eigenvalue weighted by Gasteiger charge is -2.28. The van der Waals surface area contributed by atoms with Gasteiger partial charge in [0.25, 0.3) is 0 Å². The van der Waals surface area contributed by atoms with Crippen LogP contribution in [0.4, 0.5) is 17.2 Å². The van der Waals surface area contributed by atoms with E-state index in [4.69, 9.17) is 10.1 Å². The van der Waals surface area contributed by atoms with Crippen LogP contribution in [0.2, 0.25) is 0 Å². The second kappa shape index (κ2) is 6.37. The summed E-state index contributed by atoms with van der Waals surface area (Å²) < 4.78 is 5.37. The van der Waals surface area contributed by atoms with E-state index in [1.54, 1.807) is 6.20 Å². The maximum Gasteiger partial charge on any atom is 0.130 e. The molecule has 0 bridgehead atoms. The summed E-state index contributed by atoms with van der Waals surface area (Å²) in [5, 5.41) is 10.8. The molecule has 3 rings (SSSR count). The summed E-state index contributed by atoms with van der Waals surface area (Å²) in [4.78, 5) is 6.65. The van der Waals surface area contributed by atoms with Gasteiger partial charge in [0.15, 0.2) is 0 Å². The molecule has 0 amide bonds. The number of nitrogens with one attached hydrogen (secondary N) is 2. The van der Waals surface area contributed by atoms with Gasteiger partial charge in [-0.15, -0.1) is 0 Å². The van der Waals surface area contributed by atoms with Crippen molar-refractivity contribution < 1.29 is 4.74 Å². The monoisotopic (exact) mass is 282 g/mol. The zero-order valence-corrected chi connectivity index (χ0v) is 11.7. The number of nitrogens with zero attached hydrogens (tertiary/aromatic N) is 2. The summed E-state index contributed by atoms with van der Waals surface area (Å²) in [6, 6.07) is 11.7. The SMILES string of the molecule is N=Cc1ccccc1Nc1ccnc(N2CCOCC2)c1. The Balaban J connectivity index is 1.81. The lowest BCUT2D eigenvalue weighted by atomic mass is 10.2. The molecule has 2 aromatic rings. The second-order valence-corrected chi connectivity index (χ2v) is 4.86. The van der Waals surface area contributed by atoms with Gasteiger partial charge < -0.3 is 20.4 Å². The Labute approximate surface area is 124 Å². The maximum atomic E-state index is 7.45. The molecule has 1 aliphatic rings. The number of rotatable bonds is 4. The van der Waals surface area contributed by atoms with Gasteiger partial charge in [0, 0.05) is 48.5 Å². The van der Waals surface area contributed by atoms with E-state index in [0.29, 0.717) is 0 Å². The fraction of sp³-hybridized carbons (Fsp3) is 0.250. The van der Waals surface area contributed by atoms with Crippen LogP contribution in [-0.2, 0) is 4.74 Å². The van der Waals surface area contributed by atoms with Crippen LogP contribution in [0.3, 0.4) is 0 Å². The molecule has 0 spiro atoms. The molecular formula is C16H18N4O. The van der Waals surface area contributed by atoms with Crippen molar-refractivity contribution in [1.82, 2.24) is 4.98 Å². The highest BCUT2D eigenvalue weighted by molar-refractivity contribution is 5.87. The fourth-order valence-electron chi connectivity index (χ4n) is 2.35. The molecule has 21 heavy (non-hydrogen) atoms. The molecule has 0 aliphatic carbocycles. The largest absolute Gasteiger partial charge is 0.378 e. The van der Waals surface area contributed by atoms with E-state index >= 15 is 0 Å². The molecule has 1 aromatic heterocycles. The third kappa shape index (κ3) is 3.20. The zero-order chi connectivity index (χ0) is 14.5. The van der Waals surface area contributed by atoms with E-state index in [-0.39, 0.29) is 0 Å². The summed E-state index contributed by atoms with van der Waals surface area (Å²) in [5.41, 5.74) is 2.76. The average molecular weight is 282 g/mol. The van der Waals surface area contributed by atoms with Gasteiger partial charge >= 0.3 is 0 Å². The van der Waals surface area contributed by atoms with Gasteiger partial charge in [0.2, 0.25) is 0 Å². The van der Waals surface area contributed by atoms with Crippen LogP contribution in [0.5, 0.6) is 0 Å². The quantitative estimate of drug-likeness (QED) is 0.846. The van der Waals surface area contributed by atoms with Crippen molar-refractivity contribution in [3.63, 3.8) is 0 Å². The Morgan fingerprint density at radius 1 is 1.19 bits per heavy atom. The van der Waals surface area contributed by atoms with Gasteiger partial charge in [-0.3, -0.25) is 0 Å². The van der Waals surface area contributed by atoms with Gasteiger partial charge in [0.1, 0.15) is 5.82 Å². The first kappa shape index (κ1) is 13.6. The summed E-state index contributed by atoms with van der Waals surface area (Å²) >= 11 is 0. The van der Waals surface area contributed by atoms with Gasteiger partial charge in [0.05, 0.1) is 13.2 Å². The minimum atomic E-state index is 0.746. The molecule has 1 aromatic carbocycles. The van der Waals surface area contributed by atoms with Gasteiger partial charge in [-0.25, -0.2) is 4.98 Å². The highest BCUT2D eigenvalue weighted by Crippen LogP contribution is 2.23. The van der Waals surface area contributed by atoms with Crippen LogP contribution in [0, 0.1) is 5.41 Å². The number of benzene rings is 1. The summed E-state index contributed by atoms with van der Waals surface area (Å²) in [6.07, 6.45) is 3.16. The van der Waals surface area contributed by atoms with Crippen molar-refractivity contribution in [3.05, 3.63) is 48.2 Å². The molecule has 1 fully saturated rings. The van der Waals surface area contributed by atoms with Crippen LogP contribution in [0.1, 0.15) is 5.56 Å². The van der Waals surface area contributed by atoms with Crippen LogP contribution >= 0.6 is 0 Å². The van der Waals surface area contributed by atoms with Crippen molar-refractivity contribution in [2.24, 2.45) is 0 Å². The number of morpholine rings is 1. The lowest BCUT2D eigenvalue weighted by Crippen LogP contribution is -2.36. The Bertz CT molecular complexity index is 623. The predicted molar refractivity (Wildman–Crippen MR) is 84.9 cm³/mol. The van der Waals surface area contributed by atoms with Crippen molar-refractivity contribution in [1.29, 1.82) is 5.41 Å². The molecular weight excluding hydrogens is 264 g/mol. The van der Waals surface area contributed by atoms with E-state index in [1.807, 2.05) is 36.4 Å². The normalized spacial score (nSPS) is 14.8. The maximum absolute atomic E-state index is 7.45. The average Bonchev–Trinajstić information content (AvgIpc) is 2.56. The van der Waals surface area contributed by atoms with Gasteiger partial charge in [-0.2, -0.15) is 0 Å². The molecule has 1 saturated heterocycles. The number of pyridine rings is 1. The Morgan fingerprint density at radius 3 is 2.81 bits per heavy atom. The fourth-order valence-corrected chi connectivity index (χ4v) is 2.35. The molecule has 2 N–H and O–H groups in total. The predicted octanol–water partition coefficient (Wildman–Crippen LogP) is 2.66. The number of anilines is 3. The van der Waals surface area contributed by atoms with Crippen molar-refractivity contribution >= 4 is 23.4 Å². The van der Waals surface area contributed by atoms with Crippen LogP contribution in [0.15, 0.2) is 42.6 Å². The van der Waals surface area contributed by atoms with E-state index in [1.165, 1.54) is 6.21 Å². The number of para-hydroxylation sites is 1. The summed E-state index contributed by atoms with van der Waals surface area (Å²) in [5.74, 6) is 0.954. The molecule has 2 heterocycles. The Morgan fingerprint density at radius 2 is 2.00 bits per heavy atom. The zero-order valence-electron chi connectivity index (χ0n) is 11.7. The summed E-state index contributed by atoms with van der Waals surface area (Å²) in [7, 11) is 0. The molecule has 5 nitrogen and oxygen atoms in total. The molecule has 0 saturated carbocycles. The molecule has 0 atom stereocenters. The first-order chi connectivity index (χ1) is 10.4. The van der Waals surface area contributed by atoms with E-state index in [0.717, 1.165) is 49.1 Å².